The summed E-state index contributed by atoms with van der Waals surface area (Å²) in [5.74, 6) is -4.73. The van der Waals surface area contributed by atoms with Crippen molar-refractivity contribution in [2.75, 3.05) is 6.61 Å². The van der Waals surface area contributed by atoms with Gasteiger partial charge in [-0.15, -0.1) is 0 Å². The highest BCUT2D eigenvalue weighted by atomic mass is 16.6. The molecule has 3 atom stereocenters. The summed E-state index contributed by atoms with van der Waals surface area (Å²) >= 11 is 0. The maximum Gasteiger partial charge on any atom is 0.321 e. The van der Waals surface area contributed by atoms with Crippen molar-refractivity contribution in [1.82, 2.24) is 0 Å². The minimum Gasteiger partial charge on any atom is -0.480 e. The molecule has 3 N–H and O–H groups in total. The van der Waals surface area contributed by atoms with Crippen molar-refractivity contribution in [2.45, 2.75) is 72.8 Å². The molecule has 2 unspecified atom stereocenters. The second kappa shape index (κ2) is 13.7. The summed E-state index contributed by atoms with van der Waals surface area (Å²) in [5.41, 5.74) is 6.45. The molecule has 0 heterocycles. The molecule has 0 fully saturated rings. The third kappa shape index (κ3) is 8.78. The molecule has 190 valence electrons. The molecule has 1 aromatic carbocycles. The van der Waals surface area contributed by atoms with Crippen molar-refractivity contribution in [3.05, 3.63) is 23.8 Å². The summed E-state index contributed by atoms with van der Waals surface area (Å²) < 4.78 is 16.2. The highest BCUT2D eigenvalue weighted by Gasteiger charge is 2.33. The highest BCUT2D eigenvalue weighted by Crippen LogP contribution is 2.36. The van der Waals surface area contributed by atoms with E-state index in [1.165, 1.54) is 12.1 Å². The van der Waals surface area contributed by atoms with Crippen LogP contribution in [-0.2, 0) is 23.9 Å². The number of hydrogen-bond acceptors (Lipinski definition) is 8. The van der Waals surface area contributed by atoms with Gasteiger partial charge in [0.15, 0.2) is 11.5 Å². The van der Waals surface area contributed by atoms with Crippen LogP contribution in [0.4, 0.5) is 0 Å². The number of carboxylic acid groups (broad SMARTS) is 1. The number of aliphatic carboxylic acids is 1. The first kappa shape index (κ1) is 29.1. The molecular formula is C25H37NO8. The molecule has 0 bridgehead atoms. The zero-order chi connectivity index (χ0) is 26.0. The number of benzene rings is 1. The van der Waals surface area contributed by atoms with Crippen molar-refractivity contribution < 1.29 is 38.5 Å². The quantitative estimate of drug-likeness (QED) is 0.320. The third-order valence-electron chi connectivity index (χ3n) is 5.24. The Kier molecular flexibility index (Phi) is 11.7. The van der Waals surface area contributed by atoms with Gasteiger partial charge in [-0.25, -0.2) is 0 Å². The van der Waals surface area contributed by atoms with E-state index in [1.807, 2.05) is 6.92 Å². The lowest BCUT2D eigenvalue weighted by Crippen LogP contribution is -2.40. The Morgan fingerprint density at radius 1 is 0.941 bits per heavy atom. The number of ether oxygens (including phenoxy) is 3. The van der Waals surface area contributed by atoms with Crippen molar-refractivity contribution in [3.63, 3.8) is 0 Å². The standard InChI is InChI=1S/C25H37NO8/c1-7-8-9-20(27)32-13-16(6)21(22(26)23(28)29)17-10-11-18(33-24(30)14(2)3)19(12-17)34-25(31)15(4)5/h10-12,14-16,21-22H,7-9,13,26H2,1-6H3,(H,28,29)/t16?,21?,22-/m0/s1. The first-order chi connectivity index (χ1) is 15.9. The van der Waals surface area contributed by atoms with Crippen LogP contribution in [-0.4, -0.2) is 41.6 Å². The second-order valence-corrected chi connectivity index (χ2v) is 9.01. The summed E-state index contributed by atoms with van der Waals surface area (Å²) in [5, 5.41) is 9.59. The molecule has 9 heteroatoms. The van der Waals surface area contributed by atoms with Crippen molar-refractivity contribution >= 4 is 23.9 Å². The van der Waals surface area contributed by atoms with Crippen LogP contribution in [0.5, 0.6) is 11.5 Å². The summed E-state index contributed by atoms with van der Waals surface area (Å²) in [7, 11) is 0. The van der Waals surface area contributed by atoms with Crippen LogP contribution in [0.15, 0.2) is 18.2 Å². The van der Waals surface area contributed by atoms with E-state index in [0.29, 0.717) is 12.0 Å². The van der Waals surface area contributed by atoms with E-state index in [1.54, 1.807) is 40.7 Å². The average molecular weight is 480 g/mol. The first-order valence-corrected chi connectivity index (χ1v) is 11.6. The smallest absolute Gasteiger partial charge is 0.321 e. The lowest BCUT2D eigenvalue weighted by Gasteiger charge is -2.28. The number of rotatable bonds is 13. The minimum atomic E-state index is -1.32. The molecule has 0 amide bonds. The number of hydrogen-bond donors (Lipinski definition) is 2. The van der Waals surface area contributed by atoms with Crippen LogP contribution in [0, 0.1) is 17.8 Å². The Morgan fingerprint density at radius 2 is 1.50 bits per heavy atom. The van der Waals surface area contributed by atoms with E-state index >= 15 is 0 Å². The molecule has 1 rings (SSSR count). The predicted octanol–water partition coefficient (Wildman–Crippen LogP) is 3.67. The predicted molar refractivity (Wildman–Crippen MR) is 125 cm³/mol. The largest absolute Gasteiger partial charge is 0.480 e. The number of carboxylic acids is 1. The van der Waals surface area contributed by atoms with Crippen molar-refractivity contribution in [2.24, 2.45) is 23.5 Å². The summed E-state index contributed by atoms with van der Waals surface area (Å²) in [6, 6.07) is 3.15. The Hall–Kier alpha value is -2.94. The molecule has 0 aliphatic rings. The van der Waals surface area contributed by atoms with Crippen LogP contribution >= 0.6 is 0 Å². The zero-order valence-corrected chi connectivity index (χ0v) is 20.8. The normalized spacial score (nSPS) is 13.8. The number of carbonyl (C=O) groups is 4. The number of nitrogens with two attached hydrogens (primary N) is 1. The minimum absolute atomic E-state index is 0.0140. The van der Waals surface area contributed by atoms with E-state index in [9.17, 15) is 24.3 Å². The lowest BCUT2D eigenvalue weighted by molar-refractivity contribution is -0.145. The fourth-order valence-corrected chi connectivity index (χ4v) is 3.11. The van der Waals surface area contributed by atoms with E-state index in [4.69, 9.17) is 19.9 Å². The number of unbranched alkanes of at least 4 members (excludes halogenated alkanes) is 1. The van der Waals surface area contributed by atoms with Crippen LogP contribution in [0.2, 0.25) is 0 Å². The lowest BCUT2D eigenvalue weighted by atomic mass is 9.82. The maximum absolute atomic E-state index is 12.3. The monoisotopic (exact) mass is 479 g/mol. The molecule has 34 heavy (non-hydrogen) atoms. The van der Waals surface area contributed by atoms with Gasteiger partial charge in [-0.05, 0) is 30.0 Å². The van der Waals surface area contributed by atoms with Gasteiger partial charge in [0.05, 0.1) is 18.4 Å². The summed E-state index contributed by atoms with van der Waals surface area (Å²) in [6.45, 7) is 10.3. The number of esters is 3. The van der Waals surface area contributed by atoms with Gasteiger partial charge in [-0.3, -0.25) is 19.2 Å². The third-order valence-corrected chi connectivity index (χ3v) is 5.24. The Labute approximate surface area is 200 Å². The highest BCUT2D eigenvalue weighted by molar-refractivity contribution is 5.78. The topological polar surface area (TPSA) is 142 Å². The molecule has 9 nitrogen and oxygen atoms in total. The van der Waals surface area contributed by atoms with Gasteiger partial charge in [-0.2, -0.15) is 0 Å². The van der Waals surface area contributed by atoms with E-state index in [-0.39, 0.29) is 30.5 Å². The Morgan fingerprint density at radius 3 is 2.00 bits per heavy atom. The molecule has 1 aromatic rings. The van der Waals surface area contributed by atoms with Gasteiger partial charge in [-0.1, -0.05) is 54.0 Å². The van der Waals surface area contributed by atoms with Gasteiger partial charge in [0, 0.05) is 12.3 Å². The maximum atomic E-state index is 12.3. The van der Waals surface area contributed by atoms with Gasteiger partial charge >= 0.3 is 23.9 Å². The molecule has 0 saturated carbocycles. The second-order valence-electron chi connectivity index (χ2n) is 9.01. The SMILES string of the molecule is CCCCC(=O)OCC(C)C(c1ccc(OC(=O)C(C)C)c(OC(=O)C(C)C)c1)[C@H](N)C(=O)O. The van der Waals surface area contributed by atoms with Gasteiger partial charge in [0.1, 0.15) is 6.04 Å². The van der Waals surface area contributed by atoms with Crippen LogP contribution in [0.1, 0.15) is 72.3 Å². The van der Waals surface area contributed by atoms with Crippen LogP contribution in [0.25, 0.3) is 0 Å². The fraction of sp³-hybridized carbons (Fsp3) is 0.600. The Balaban J connectivity index is 3.33. The van der Waals surface area contributed by atoms with Crippen LogP contribution in [0.3, 0.4) is 0 Å². The molecule has 0 aliphatic heterocycles. The van der Waals surface area contributed by atoms with E-state index in [2.05, 4.69) is 0 Å². The molecule has 0 saturated heterocycles. The molecule has 0 radical (unpaired) electrons. The van der Waals surface area contributed by atoms with Crippen molar-refractivity contribution in [3.8, 4) is 11.5 Å². The summed E-state index contributed by atoms with van der Waals surface area (Å²) in [6.07, 6.45) is 1.83. The number of carbonyl (C=O) groups excluding carboxylic acids is 3. The first-order valence-electron chi connectivity index (χ1n) is 11.6. The van der Waals surface area contributed by atoms with Crippen molar-refractivity contribution in [1.29, 1.82) is 0 Å². The van der Waals surface area contributed by atoms with Crippen LogP contribution < -0.4 is 15.2 Å². The summed E-state index contributed by atoms with van der Waals surface area (Å²) in [4.78, 5) is 48.1. The van der Waals surface area contributed by atoms with Gasteiger partial charge < -0.3 is 25.1 Å². The van der Waals surface area contributed by atoms with Gasteiger partial charge in [0.2, 0.25) is 0 Å². The zero-order valence-electron chi connectivity index (χ0n) is 20.8. The Bertz CT molecular complexity index is 864. The molecule has 0 aliphatic carbocycles. The van der Waals surface area contributed by atoms with E-state index in [0.717, 1.165) is 6.42 Å². The average Bonchev–Trinajstić information content (AvgIpc) is 2.77. The van der Waals surface area contributed by atoms with E-state index < -0.39 is 47.6 Å². The molecule has 0 aromatic heterocycles. The fourth-order valence-electron chi connectivity index (χ4n) is 3.11. The molecular weight excluding hydrogens is 442 g/mol. The van der Waals surface area contributed by atoms with Gasteiger partial charge in [0.25, 0.3) is 0 Å². The molecule has 0 spiro atoms.